The van der Waals surface area contributed by atoms with Crippen molar-refractivity contribution < 1.29 is 4.74 Å². The molecule has 0 amide bonds. The molecule has 2 rings (SSSR count). The molecule has 0 bridgehead atoms. The first kappa shape index (κ1) is 11.1. The summed E-state index contributed by atoms with van der Waals surface area (Å²) in [6.07, 6.45) is 1.52. The van der Waals surface area contributed by atoms with E-state index in [0.29, 0.717) is 28.8 Å². The van der Waals surface area contributed by atoms with Gasteiger partial charge in [0.1, 0.15) is 17.4 Å². The summed E-state index contributed by atoms with van der Waals surface area (Å²) in [5.74, 6) is 1.95. The molecule has 0 aliphatic rings. The molecule has 4 N–H and O–H groups in total. The molecular formula is C10H12N6O. The van der Waals surface area contributed by atoms with E-state index in [1.165, 1.54) is 6.20 Å². The number of nitrogens with zero attached hydrogens (tertiary/aromatic N) is 4. The summed E-state index contributed by atoms with van der Waals surface area (Å²) in [6.45, 7) is 1.73. The van der Waals surface area contributed by atoms with Crippen molar-refractivity contribution in [1.29, 1.82) is 0 Å². The molecule has 2 heterocycles. The third-order valence-corrected chi connectivity index (χ3v) is 2.13. The zero-order chi connectivity index (χ0) is 12.4. The summed E-state index contributed by atoms with van der Waals surface area (Å²) >= 11 is 0. The van der Waals surface area contributed by atoms with Gasteiger partial charge in [-0.1, -0.05) is 0 Å². The highest BCUT2D eigenvalue weighted by Gasteiger charge is 2.10. The summed E-state index contributed by atoms with van der Waals surface area (Å²) in [5.41, 5.74) is 11.9. The van der Waals surface area contributed by atoms with E-state index < -0.39 is 0 Å². The fourth-order valence-corrected chi connectivity index (χ4v) is 1.37. The molecule has 2 aromatic rings. The number of nitrogens with two attached hydrogens (primary N) is 2. The minimum atomic E-state index is 0.148. The van der Waals surface area contributed by atoms with Gasteiger partial charge in [0.15, 0.2) is 5.82 Å². The number of anilines is 2. The van der Waals surface area contributed by atoms with Crippen molar-refractivity contribution >= 4 is 11.8 Å². The Morgan fingerprint density at radius 1 is 1.18 bits per heavy atom. The Morgan fingerprint density at radius 2 is 1.94 bits per heavy atom. The molecule has 0 spiro atoms. The first-order chi connectivity index (χ1) is 8.10. The number of rotatable bonds is 2. The van der Waals surface area contributed by atoms with Crippen LogP contribution in [0.4, 0.5) is 11.8 Å². The second kappa shape index (κ2) is 4.20. The summed E-state index contributed by atoms with van der Waals surface area (Å²) in [5, 5.41) is 0. The van der Waals surface area contributed by atoms with Gasteiger partial charge in [-0.25, -0.2) is 9.97 Å². The van der Waals surface area contributed by atoms with Crippen LogP contribution in [0.15, 0.2) is 12.3 Å². The Labute approximate surface area is 97.9 Å². The summed E-state index contributed by atoms with van der Waals surface area (Å²) in [7, 11) is 1.55. The molecule has 0 aliphatic carbocycles. The van der Waals surface area contributed by atoms with Crippen LogP contribution in [-0.4, -0.2) is 27.0 Å². The molecule has 0 saturated carbocycles. The average molecular weight is 232 g/mol. The maximum Gasteiger partial charge on any atom is 0.223 e. The predicted octanol–water partition coefficient (Wildman–Crippen LogP) is 0.415. The van der Waals surface area contributed by atoms with Crippen LogP contribution >= 0.6 is 0 Å². The molecule has 0 saturated heterocycles. The van der Waals surface area contributed by atoms with Crippen LogP contribution in [-0.2, 0) is 0 Å². The third kappa shape index (κ3) is 2.22. The number of ether oxygens (including phenoxy) is 1. The van der Waals surface area contributed by atoms with E-state index in [2.05, 4.69) is 19.9 Å². The van der Waals surface area contributed by atoms with Gasteiger partial charge in [-0.2, -0.15) is 9.97 Å². The molecular weight excluding hydrogens is 220 g/mol. The van der Waals surface area contributed by atoms with Crippen LogP contribution in [0.5, 0.6) is 5.75 Å². The minimum absolute atomic E-state index is 0.148. The lowest BCUT2D eigenvalue weighted by atomic mass is 10.2. The molecule has 7 nitrogen and oxygen atoms in total. The average Bonchev–Trinajstić information content (AvgIpc) is 2.28. The van der Waals surface area contributed by atoms with E-state index in [1.807, 2.05) is 0 Å². The Bertz CT molecular complexity index is 536. The lowest BCUT2D eigenvalue weighted by molar-refractivity contribution is 0.413. The molecule has 0 fully saturated rings. The first-order valence-corrected chi connectivity index (χ1v) is 4.88. The van der Waals surface area contributed by atoms with Gasteiger partial charge in [0, 0.05) is 0 Å². The van der Waals surface area contributed by atoms with Crippen molar-refractivity contribution in [2.24, 2.45) is 0 Å². The van der Waals surface area contributed by atoms with Crippen molar-refractivity contribution in [3.05, 3.63) is 18.1 Å². The topological polar surface area (TPSA) is 113 Å². The number of aryl methyl sites for hydroxylation is 1. The monoisotopic (exact) mass is 232 g/mol. The van der Waals surface area contributed by atoms with Crippen LogP contribution in [0, 0.1) is 6.92 Å². The van der Waals surface area contributed by atoms with Crippen LogP contribution in [0.2, 0.25) is 0 Å². The van der Waals surface area contributed by atoms with Crippen molar-refractivity contribution in [2.45, 2.75) is 6.92 Å². The number of hydrogen-bond donors (Lipinski definition) is 2. The zero-order valence-corrected chi connectivity index (χ0v) is 9.51. The molecule has 17 heavy (non-hydrogen) atoms. The minimum Gasteiger partial charge on any atom is -0.495 e. The number of pyridine rings is 1. The van der Waals surface area contributed by atoms with Crippen LogP contribution in [0.1, 0.15) is 5.82 Å². The Hall–Kier alpha value is -2.44. The van der Waals surface area contributed by atoms with Gasteiger partial charge >= 0.3 is 0 Å². The lowest BCUT2D eigenvalue weighted by Gasteiger charge is -2.06. The van der Waals surface area contributed by atoms with Gasteiger partial charge in [-0.05, 0) is 13.0 Å². The van der Waals surface area contributed by atoms with Gasteiger partial charge in [0.25, 0.3) is 0 Å². The molecule has 0 aliphatic heterocycles. The fourth-order valence-electron chi connectivity index (χ4n) is 1.37. The molecule has 2 aromatic heterocycles. The molecule has 88 valence electrons. The number of hydrogen-bond acceptors (Lipinski definition) is 7. The van der Waals surface area contributed by atoms with E-state index >= 15 is 0 Å². The highest BCUT2D eigenvalue weighted by molar-refractivity contribution is 5.69. The summed E-state index contributed by atoms with van der Waals surface area (Å²) < 4.78 is 5.07. The Morgan fingerprint density at radius 3 is 2.59 bits per heavy atom. The standard InChI is InChI=1S/C10H12N6O/c1-5-14-9(16-10(12)15-5)7-3-6(17-2)4-13-8(7)11/h3-4H,1-2H3,(H2,11,13)(H2,12,14,15,16). The smallest absolute Gasteiger partial charge is 0.223 e. The van der Waals surface area contributed by atoms with Crippen LogP contribution in [0.25, 0.3) is 11.4 Å². The van der Waals surface area contributed by atoms with Gasteiger partial charge in [0.05, 0.1) is 18.9 Å². The van der Waals surface area contributed by atoms with Crippen LogP contribution in [0.3, 0.4) is 0 Å². The zero-order valence-electron chi connectivity index (χ0n) is 9.51. The highest BCUT2D eigenvalue weighted by atomic mass is 16.5. The molecule has 0 aromatic carbocycles. The molecule has 0 unspecified atom stereocenters. The van der Waals surface area contributed by atoms with E-state index in [9.17, 15) is 0 Å². The SMILES string of the molecule is COc1cnc(N)c(-c2nc(C)nc(N)n2)c1. The third-order valence-electron chi connectivity index (χ3n) is 2.13. The van der Waals surface area contributed by atoms with Crippen molar-refractivity contribution in [1.82, 2.24) is 19.9 Å². The first-order valence-electron chi connectivity index (χ1n) is 4.88. The lowest BCUT2D eigenvalue weighted by Crippen LogP contribution is -2.04. The molecule has 7 heteroatoms. The van der Waals surface area contributed by atoms with Gasteiger partial charge in [0.2, 0.25) is 5.95 Å². The van der Waals surface area contributed by atoms with Gasteiger partial charge in [-0.15, -0.1) is 0 Å². The summed E-state index contributed by atoms with van der Waals surface area (Å²) in [6, 6.07) is 1.70. The second-order valence-electron chi connectivity index (χ2n) is 3.37. The normalized spacial score (nSPS) is 10.2. The number of methoxy groups -OCH3 is 1. The number of aromatic nitrogens is 4. The molecule has 0 radical (unpaired) electrons. The Balaban J connectivity index is 2.58. The van der Waals surface area contributed by atoms with Crippen LogP contribution < -0.4 is 16.2 Å². The van der Waals surface area contributed by atoms with E-state index in [1.54, 1.807) is 20.1 Å². The van der Waals surface area contributed by atoms with Crippen molar-refractivity contribution in [3.63, 3.8) is 0 Å². The van der Waals surface area contributed by atoms with Gasteiger partial charge < -0.3 is 16.2 Å². The molecule has 0 atom stereocenters. The number of nitrogen functional groups attached to an aromatic ring is 2. The largest absolute Gasteiger partial charge is 0.495 e. The van der Waals surface area contributed by atoms with Crippen molar-refractivity contribution in [2.75, 3.05) is 18.6 Å². The Kier molecular flexibility index (Phi) is 2.73. The van der Waals surface area contributed by atoms with E-state index in [4.69, 9.17) is 16.2 Å². The fraction of sp³-hybridized carbons (Fsp3) is 0.200. The van der Waals surface area contributed by atoms with Gasteiger partial charge in [-0.3, -0.25) is 0 Å². The maximum absolute atomic E-state index is 5.77. The van der Waals surface area contributed by atoms with Crippen molar-refractivity contribution in [3.8, 4) is 17.1 Å². The highest BCUT2D eigenvalue weighted by Crippen LogP contribution is 2.25. The van der Waals surface area contributed by atoms with E-state index in [0.717, 1.165) is 0 Å². The quantitative estimate of drug-likeness (QED) is 0.771. The maximum atomic E-state index is 5.77. The van der Waals surface area contributed by atoms with E-state index in [-0.39, 0.29) is 5.95 Å². The predicted molar refractivity (Wildman–Crippen MR) is 63.2 cm³/mol. The second-order valence-corrected chi connectivity index (χ2v) is 3.37. The summed E-state index contributed by atoms with van der Waals surface area (Å²) in [4.78, 5) is 16.1.